The van der Waals surface area contributed by atoms with Gasteiger partial charge in [0, 0.05) is 12.1 Å². The molecule has 0 bridgehead atoms. The summed E-state index contributed by atoms with van der Waals surface area (Å²) in [5.41, 5.74) is 2.01. The Kier molecular flexibility index (Phi) is 4.03. The van der Waals surface area contributed by atoms with E-state index in [0.717, 1.165) is 27.2 Å². The van der Waals surface area contributed by atoms with Crippen LogP contribution >= 0.6 is 27.5 Å². The summed E-state index contributed by atoms with van der Waals surface area (Å²) in [6, 6.07) is 11.7. The third kappa shape index (κ3) is 2.72. The van der Waals surface area contributed by atoms with E-state index in [9.17, 15) is 0 Å². The van der Waals surface area contributed by atoms with E-state index in [0.29, 0.717) is 24.8 Å². The fourth-order valence-corrected chi connectivity index (χ4v) is 2.68. The van der Waals surface area contributed by atoms with Crippen molar-refractivity contribution in [2.24, 2.45) is 0 Å². The lowest BCUT2D eigenvalue weighted by atomic mass is 10.1. The molecule has 0 saturated heterocycles. The molecule has 5 heteroatoms. The summed E-state index contributed by atoms with van der Waals surface area (Å²) in [6.07, 6.45) is 0. The monoisotopic (exact) mass is 353 g/mol. The molecule has 1 aliphatic heterocycles. The molecule has 0 aromatic heterocycles. The van der Waals surface area contributed by atoms with Crippen LogP contribution in [0.25, 0.3) is 0 Å². The standard InChI is InChI=1S/C15H13BrClNO2/c16-14-11(17)4-2-5-12(14)18-9-10-3-1-6-13-15(10)20-8-7-19-13/h1-6,18H,7-9H2. The normalized spacial score (nSPS) is 13.1. The van der Waals surface area contributed by atoms with E-state index in [1.807, 2.05) is 36.4 Å². The van der Waals surface area contributed by atoms with Gasteiger partial charge in [0.05, 0.1) is 15.2 Å². The van der Waals surface area contributed by atoms with Gasteiger partial charge in [0.2, 0.25) is 0 Å². The summed E-state index contributed by atoms with van der Waals surface area (Å²) in [7, 11) is 0. The minimum atomic E-state index is 0.588. The summed E-state index contributed by atoms with van der Waals surface area (Å²) < 4.78 is 12.1. The zero-order chi connectivity index (χ0) is 13.9. The van der Waals surface area contributed by atoms with Crippen molar-refractivity contribution in [2.75, 3.05) is 18.5 Å². The molecule has 3 rings (SSSR count). The molecule has 2 aromatic carbocycles. The second kappa shape index (κ2) is 5.94. The molecule has 1 N–H and O–H groups in total. The lowest BCUT2D eigenvalue weighted by Crippen LogP contribution is -2.17. The molecular formula is C15H13BrClNO2. The Bertz CT molecular complexity index is 633. The van der Waals surface area contributed by atoms with Crippen molar-refractivity contribution in [1.82, 2.24) is 0 Å². The molecule has 0 spiro atoms. The number of halogens is 2. The molecule has 2 aromatic rings. The Labute approximate surface area is 131 Å². The van der Waals surface area contributed by atoms with E-state index in [4.69, 9.17) is 21.1 Å². The highest BCUT2D eigenvalue weighted by Crippen LogP contribution is 2.35. The molecule has 0 radical (unpaired) electrons. The van der Waals surface area contributed by atoms with Gasteiger partial charge in [0.1, 0.15) is 13.2 Å². The van der Waals surface area contributed by atoms with Crippen molar-refractivity contribution in [3.05, 3.63) is 51.5 Å². The van der Waals surface area contributed by atoms with Crippen LogP contribution in [0.4, 0.5) is 5.69 Å². The van der Waals surface area contributed by atoms with E-state index < -0.39 is 0 Å². The number of fused-ring (bicyclic) bond motifs is 1. The topological polar surface area (TPSA) is 30.5 Å². The minimum absolute atomic E-state index is 0.588. The van der Waals surface area contributed by atoms with Gasteiger partial charge in [-0.1, -0.05) is 29.8 Å². The van der Waals surface area contributed by atoms with Crippen molar-refractivity contribution in [2.45, 2.75) is 6.54 Å². The maximum absolute atomic E-state index is 6.08. The van der Waals surface area contributed by atoms with Gasteiger partial charge < -0.3 is 14.8 Å². The molecule has 104 valence electrons. The third-order valence-corrected chi connectivity index (χ3v) is 4.47. The first kappa shape index (κ1) is 13.6. The molecule has 1 heterocycles. The molecule has 20 heavy (non-hydrogen) atoms. The molecule has 0 aliphatic carbocycles. The largest absolute Gasteiger partial charge is 0.486 e. The van der Waals surface area contributed by atoms with E-state index in [-0.39, 0.29) is 0 Å². The zero-order valence-corrected chi connectivity index (χ0v) is 13.0. The highest BCUT2D eigenvalue weighted by molar-refractivity contribution is 9.10. The molecule has 0 saturated carbocycles. The van der Waals surface area contributed by atoms with Crippen LogP contribution in [0.5, 0.6) is 11.5 Å². The van der Waals surface area contributed by atoms with Crippen molar-refractivity contribution in [3.8, 4) is 11.5 Å². The average Bonchev–Trinajstić information content (AvgIpc) is 2.49. The zero-order valence-electron chi connectivity index (χ0n) is 10.7. The molecule has 0 unspecified atom stereocenters. The van der Waals surface area contributed by atoms with Gasteiger partial charge in [-0.2, -0.15) is 0 Å². The summed E-state index contributed by atoms with van der Waals surface area (Å²) in [5.74, 6) is 1.63. The predicted octanol–water partition coefficient (Wildman–Crippen LogP) is 4.49. The Hall–Kier alpha value is -1.39. The smallest absolute Gasteiger partial charge is 0.166 e. The van der Waals surface area contributed by atoms with Crippen molar-refractivity contribution >= 4 is 33.2 Å². The van der Waals surface area contributed by atoms with Crippen LogP contribution in [0.15, 0.2) is 40.9 Å². The predicted molar refractivity (Wildman–Crippen MR) is 83.9 cm³/mol. The van der Waals surface area contributed by atoms with Gasteiger partial charge in [-0.05, 0) is 34.1 Å². The molecule has 1 aliphatic rings. The van der Waals surface area contributed by atoms with Crippen molar-refractivity contribution < 1.29 is 9.47 Å². The number of anilines is 1. The van der Waals surface area contributed by atoms with Crippen LogP contribution in [0.1, 0.15) is 5.56 Å². The molecule has 0 amide bonds. The van der Waals surface area contributed by atoms with Gasteiger partial charge in [-0.3, -0.25) is 0 Å². The number of hydrogen-bond donors (Lipinski definition) is 1. The Morgan fingerprint density at radius 2 is 1.90 bits per heavy atom. The van der Waals surface area contributed by atoms with Crippen LogP contribution in [0, 0.1) is 0 Å². The number of hydrogen-bond acceptors (Lipinski definition) is 3. The van der Waals surface area contributed by atoms with Crippen LogP contribution in [0.3, 0.4) is 0 Å². The summed E-state index contributed by atoms with van der Waals surface area (Å²) in [5, 5.41) is 4.04. The minimum Gasteiger partial charge on any atom is -0.486 e. The van der Waals surface area contributed by atoms with Crippen LogP contribution in [-0.4, -0.2) is 13.2 Å². The average molecular weight is 355 g/mol. The van der Waals surface area contributed by atoms with Crippen LogP contribution in [0.2, 0.25) is 5.02 Å². The Morgan fingerprint density at radius 3 is 2.80 bits per heavy atom. The SMILES string of the molecule is Clc1cccc(NCc2cccc3c2OCCO3)c1Br. The van der Waals surface area contributed by atoms with E-state index in [1.165, 1.54) is 0 Å². The Morgan fingerprint density at radius 1 is 1.10 bits per heavy atom. The number of ether oxygens (including phenoxy) is 2. The summed E-state index contributed by atoms with van der Waals surface area (Å²) in [6.45, 7) is 1.83. The van der Waals surface area contributed by atoms with Crippen molar-refractivity contribution in [3.63, 3.8) is 0 Å². The lowest BCUT2D eigenvalue weighted by Gasteiger charge is -2.21. The van der Waals surface area contributed by atoms with E-state index in [1.54, 1.807) is 0 Å². The first-order valence-electron chi connectivity index (χ1n) is 6.31. The van der Waals surface area contributed by atoms with Crippen molar-refractivity contribution in [1.29, 1.82) is 0 Å². The molecule has 0 atom stereocenters. The van der Waals surface area contributed by atoms with Gasteiger partial charge >= 0.3 is 0 Å². The summed E-state index contributed by atoms with van der Waals surface area (Å²) >= 11 is 9.56. The number of rotatable bonds is 3. The maximum Gasteiger partial charge on any atom is 0.166 e. The van der Waals surface area contributed by atoms with Gasteiger partial charge in [0.15, 0.2) is 11.5 Å². The number of benzene rings is 2. The second-order valence-corrected chi connectivity index (χ2v) is 5.60. The lowest BCUT2D eigenvalue weighted by molar-refractivity contribution is 0.170. The fraction of sp³-hybridized carbons (Fsp3) is 0.200. The molecule has 0 fully saturated rings. The maximum atomic E-state index is 6.08. The first-order valence-corrected chi connectivity index (χ1v) is 7.48. The highest BCUT2D eigenvalue weighted by atomic mass is 79.9. The van der Waals surface area contributed by atoms with E-state index in [2.05, 4.69) is 21.2 Å². The van der Waals surface area contributed by atoms with Crippen LogP contribution in [-0.2, 0) is 6.54 Å². The molecule has 3 nitrogen and oxygen atoms in total. The number of nitrogens with one attached hydrogen (secondary N) is 1. The third-order valence-electron chi connectivity index (χ3n) is 3.07. The van der Waals surface area contributed by atoms with Gasteiger partial charge in [0.25, 0.3) is 0 Å². The Balaban J connectivity index is 1.80. The van der Waals surface area contributed by atoms with E-state index >= 15 is 0 Å². The summed E-state index contributed by atoms with van der Waals surface area (Å²) in [4.78, 5) is 0. The quantitative estimate of drug-likeness (QED) is 0.881. The fourth-order valence-electron chi connectivity index (χ4n) is 2.10. The number of para-hydroxylation sites is 1. The first-order chi connectivity index (χ1) is 9.75. The second-order valence-electron chi connectivity index (χ2n) is 4.40. The van der Waals surface area contributed by atoms with Gasteiger partial charge in [-0.25, -0.2) is 0 Å². The van der Waals surface area contributed by atoms with Gasteiger partial charge in [-0.15, -0.1) is 0 Å². The molecular weight excluding hydrogens is 342 g/mol. The van der Waals surface area contributed by atoms with Crippen LogP contribution < -0.4 is 14.8 Å². The highest BCUT2D eigenvalue weighted by Gasteiger charge is 2.15.